The summed E-state index contributed by atoms with van der Waals surface area (Å²) in [7, 11) is 0. The highest BCUT2D eigenvalue weighted by molar-refractivity contribution is 7.10. The molecule has 0 aliphatic heterocycles. The van der Waals surface area contributed by atoms with E-state index < -0.39 is 0 Å². The predicted molar refractivity (Wildman–Crippen MR) is 70.6 cm³/mol. The lowest BCUT2D eigenvalue weighted by atomic mass is 10.0. The van der Waals surface area contributed by atoms with E-state index in [1.165, 1.54) is 4.88 Å². The molecular weight excluding hydrogens is 246 g/mol. The first-order valence-corrected chi connectivity index (χ1v) is 7.07. The fourth-order valence-corrected chi connectivity index (χ4v) is 2.85. The first kappa shape index (κ1) is 11.5. The van der Waals surface area contributed by atoms with Crippen LogP contribution in [0.2, 0.25) is 0 Å². The zero-order valence-corrected chi connectivity index (χ0v) is 10.8. The second-order valence-corrected chi connectivity index (χ2v) is 5.58. The number of carbonyl (C=O) groups excluding carboxylic acids is 1. The molecule has 1 N–H and O–H groups in total. The zero-order valence-electron chi connectivity index (χ0n) is 9.96. The van der Waals surface area contributed by atoms with Crippen molar-refractivity contribution in [1.82, 2.24) is 5.32 Å². The molecule has 2 aromatic heterocycles. The van der Waals surface area contributed by atoms with Gasteiger partial charge in [-0.1, -0.05) is 6.07 Å². The number of hydrogen-bond acceptors (Lipinski definition) is 3. The molecule has 4 heteroatoms. The van der Waals surface area contributed by atoms with E-state index in [1.54, 1.807) is 17.6 Å². The van der Waals surface area contributed by atoms with Gasteiger partial charge in [0.15, 0.2) is 0 Å². The van der Waals surface area contributed by atoms with Crippen LogP contribution in [0.1, 0.15) is 29.4 Å². The Morgan fingerprint density at radius 1 is 1.44 bits per heavy atom. The molecular formula is C14H15NO2S. The number of rotatable bonds is 5. The van der Waals surface area contributed by atoms with Crippen molar-refractivity contribution in [1.29, 1.82) is 0 Å². The molecule has 0 spiro atoms. The monoisotopic (exact) mass is 261 g/mol. The number of amides is 1. The van der Waals surface area contributed by atoms with Crippen molar-refractivity contribution in [3.63, 3.8) is 0 Å². The molecule has 1 fully saturated rings. The van der Waals surface area contributed by atoms with Gasteiger partial charge in [-0.2, -0.15) is 0 Å². The molecule has 0 aromatic carbocycles. The standard InChI is InChI=1S/C14H15NO2S/c16-14(10-5-6-10)15-9-11(12-3-1-7-17-12)13-4-2-8-18-13/h1-4,7-8,10-11H,5-6,9H2,(H,15,16). The lowest BCUT2D eigenvalue weighted by Gasteiger charge is -2.14. The quantitative estimate of drug-likeness (QED) is 0.899. The van der Waals surface area contributed by atoms with Crippen LogP contribution in [-0.4, -0.2) is 12.5 Å². The van der Waals surface area contributed by atoms with Crippen LogP contribution in [0, 0.1) is 5.92 Å². The summed E-state index contributed by atoms with van der Waals surface area (Å²) in [6.45, 7) is 0.614. The number of hydrogen-bond donors (Lipinski definition) is 1. The number of nitrogens with one attached hydrogen (secondary N) is 1. The van der Waals surface area contributed by atoms with Crippen molar-refractivity contribution in [3.8, 4) is 0 Å². The second-order valence-electron chi connectivity index (χ2n) is 4.60. The van der Waals surface area contributed by atoms with E-state index in [4.69, 9.17) is 4.42 Å². The Bertz CT molecular complexity index is 466. The third-order valence-electron chi connectivity index (χ3n) is 3.20. The van der Waals surface area contributed by atoms with Gasteiger partial charge in [-0.3, -0.25) is 4.79 Å². The number of furan rings is 1. The normalized spacial score (nSPS) is 16.4. The summed E-state index contributed by atoms with van der Waals surface area (Å²) in [5.74, 6) is 1.48. The van der Waals surface area contributed by atoms with Crippen LogP contribution in [0.5, 0.6) is 0 Å². The average Bonchev–Trinajstić information content (AvgIpc) is 2.89. The molecule has 0 radical (unpaired) electrons. The van der Waals surface area contributed by atoms with Crippen molar-refractivity contribution in [2.24, 2.45) is 5.92 Å². The summed E-state index contributed by atoms with van der Waals surface area (Å²) in [5.41, 5.74) is 0. The average molecular weight is 261 g/mol. The summed E-state index contributed by atoms with van der Waals surface area (Å²) >= 11 is 1.69. The Hall–Kier alpha value is -1.55. The molecule has 0 bridgehead atoms. The topological polar surface area (TPSA) is 42.2 Å². The predicted octanol–water partition coefficient (Wildman–Crippen LogP) is 3.00. The molecule has 1 unspecified atom stereocenters. The van der Waals surface area contributed by atoms with Crippen molar-refractivity contribution >= 4 is 17.2 Å². The maximum atomic E-state index is 11.7. The number of carbonyl (C=O) groups is 1. The van der Waals surface area contributed by atoms with Gasteiger partial charge in [-0.25, -0.2) is 0 Å². The maximum absolute atomic E-state index is 11.7. The summed E-state index contributed by atoms with van der Waals surface area (Å²) in [6.07, 6.45) is 3.76. The van der Waals surface area contributed by atoms with Crippen LogP contribution in [-0.2, 0) is 4.79 Å². The third-order valence-corrected chi connectivity index (χ3v) is 4.19. The van der Waals surface area contributed by atoms with Crippen molar-refractivity contribution in [2.45, 2.75) is 18.8 Å². The minimum Gasteiger partial charge on any atom is -0.469 e. The molecule has 1 aliphatic carbocycles. The molecule has 2 aromatic rings. The smallest absolute Gasteiger partial charge is 0.223 e. The molecule has 94 valence electrons. The van der Waals surface area contributed by atoms with Gasteiger partial charge in [0.1, 0.15) is 5.76 Å². The van der Waals surface area contributed by atoms with Crippen LogP contribution in [0.3, 0.4) is 0 Å². The molecule has 1 atom stereocenters. The van der Waals surface area contributed by atoms with Crippen molar-refractivity contribution in [3.05, 3.63) is 46.5 Å². The van der Waals surface area contributed by atoms with E-state index >= 15 is 0 Å². The SMILES string of the molecule is O=C(NCC(c1ccco1)c1cccs1)C1CC1. The Balaban J connectivity index is 1.71. The summed E-state index contributed by atoms with van der Waals surface area (Å²) < 4.78 is 5.48. The van der Waals surface area contributed by atoms with Crippen molar-refractivity contribution < 1.29 is 9.21 Å². The van der Waals surface area contributed by atoms with E-state index in [-0.39, 0.29) is 17.7 Å². The minimum atomic E-state index is 0.127. The molecule has 3 nitrogen and oxygen atoms in total. The largest absolute Gasteiger partial charge is 0.469 e. The van der Waals surface area contributed by atoms with Crippen LogP contribution in [0.25, 0.3) is 0 Å². The highest BCUT2D eigenvalue weighted by atomic mass is 32.1. The van der Waals surface area contributed by atoms with Gasteiger partial charge in [0.2, 0.25) is 5.91 Å². The first-order chi connectivity index (χ1) is 8.84. The van der Waals surface area contributed by atoms with Crippen LogP contribution >= 0.6 is 11.3 Å². The Labute approximate surface area is 110 Å². The summed E-state index contributed by atoms with van der Waals surface area (Å²) in [4.78, 5) is 12.9. The van der Waals surface area contributed by atoms with E-state index in [2.05, 4.69) is 11.4 Å². The lowest BCUT2D eigenvalue weighted by molar-refractivity contribution is -0.122. The highest BCUT2D eigenvalue weighted by Gasteiger charge is 2.30. The molecule has 1 aliphatic rings. The fraction of sp³-hybridized carbons (Fsp3) is 0.357. The Morgan fingerprint density at radius 3 is 2.94 bits per heavy atom. The number of thiophene rings is 1. The van der Waals surface area contributed by atoms with Crippen LogP contribution in [0.4, 0.5) is 0 Å². The van der Waals surface area contributed by atoms with E-state index in [0.717, 1.165) is 18.6 Å². The van der Waals surface area contributed by atoms with E-state index in [0.29, 0.717) is 6.54 Å². The molecule has 1 saturated carbocycles. The molecule has 18 heavy (non-hydrogen) atoms. The zero-order chi connectivity index (χ0) is 12.4. The van der Waals surface area contributed by atoms with Gasteiger partial charge >= 0.3 is 0 Å². The molecule has 1 amide bonds. The first-order valence-electron chi connectivity index (χ1n) is 6.19. The van der Waals surface area contributed by atoms with Gasteiger partial charge in [0.25, 0.3) is 0 Å². The van der Waals surface area contributed by atoms with Gasteiger partial charge < -0.3 is 9.73 Å². The maximum Gasteiger partial charge on any atom is 0.223 e. The third kappa shape index (κ3) is 2.48. The second kappa shape index (κ2) is 4.98. The Kier molecular flexibility index (Phi) is 3.19. The molecule has 0 saturated heterocycles. The van der Waals surface area contributed by atoms with Crippen molar-refractivity contribution in [2.75, 3.05) is 6.54 Å². The van der Waals surface area contributed by atoms with Gasteiger partial charge in [-0.15, -0.1) is 11.3 Å². The summed E-state index contributed by atoms with van der Waals surface area (Å²) in [6, 6.07) is 7.96. The fourth-order valence-electron chi connectivity index (χ4n) is 2.01. The molecule has 2 heterocycles. The van der Waals surface area contributed by atoms with E-state index in [9.17, 15) is 4.79 Å². The van der Waals surface area contributed by atoms with Gasteiger partial charge in [-0.05, 0) is 36.4 Å². The summed E-state index contributed by atoms with van der Waals surface area (Å²) in [5, 5.41) is 5.08. The lowest BCUT2D eigenvalue weighted by Crippen LogP contribution is -2.29. The minimum absolute atomic E-state index is 0.127. The van der Waals surface area contributed by atoms with Crippen LogP contribution < -0.4 is 5.32 Å². The van der Waals surface area contributed by atoms with Gasteiger partial charge in [0.05, 0.1) is 12.2 Å². The van der Waals surface area contributed by atoms with Crippen LogP contribution in [0.15, 0.2) is 40.3 Å². The molecule has 3 rings (SSSR count). The van der Waals surface area contributed by atoms with E-state index in [1.807, 2.05) is 23.6 Å². The Morgan fingerprint density at radius 2 is 2.33 bits per heavy atom. The van der Waals surface area contributed by atoms with Gasteiger partial charge in [0, 0.05) is 17.3 Å². The highest BCUT2D eigenvalue weighted by Crippen LogP contribution is 2.31.